The van der Waals surface area contributed by atoms with Gasteiger partial charge in [0, 0.05) is 17.4 Å². The molecule has 1 unspecified atom stereocenters. The number of aryl methyl sites for hydroxylation is 1. The van der Waals surface area contributed by atoms with Gasteiger partial charge in [0.2, 0.25) is 11.0 Å². The number of nitrogens with zero attached hydrogens (tertiary/aromatic N) is 4. The van der Waals surface area contributed by atoms with Crippen molar-refractivity contribution in [3.63, 3.8) is 0 Å². The lowest BCUT2D eigenvalue weighted by molar-refractivity contribution is -0.115. The maximum Gasteiger partial charge on any atom is 0.239 e. The molecule has 0 spiro atoms. The van der Waals surface area contributed by atoms with Crippen molar-refractivity contribution in [2.45, 2.75) is 57.2 Å². The number of carbonyl (C=O) groups is 1. The molecule has 172 valence electrons. The first-order chi connectivity index (χ1) is 16.0. The highest BCUT2D eigenvalue weighted by Gasteiger charge is 2.23. The number of rotatable bonds is 9. The fourth-order valence-corrected chi connectivity index (χ4v) is 6.42. The number of thiophene rings is 1. The molecule has 3 aromatic heterocycles. The summed E-state index contributed by atoms with van der Waals surface area (Å²) in [6.45, 7) is 8.45. The van der Waals surface area contributed by atoms with Crippen molar-refractivity contribution in [1.82, 2.24) is 20.2 Å². The van der Waals surface area contributed by atoms with Gasteiger partial charge in [-0.05, 0) is 29.9 Å². The molecule has 0 saturated carbocycles. The summed E-state index contributed by atoms with van der Waals surface area (Å²) in [5.74, 6) is 0.421. The van der Waals surface area contributed by atoms with Crippen molar-refractivity contribution in [3.05, 3.63) is 46.5 Å². The van der Waals surface area contributed by atoms with Crippen LogP contribution in [0.1, 0.15) is 44.7 Å². The molecular formula is C24H27N5OS3. The summed E-state index contributed by atoms with van der Waals surface area (Å²) in [4.78, 5) is 23.0. The third kappa shape index (κ3) is 5.59. The predicted molar refractivity (Wildman–Crippen MR) is 139 cm³/mol. The lowest BCUT2D eigenvalue weighted by Gasteiger charge is -2.14. The Kier molecular flexibility index (Phi) is 7.72. The summed E-state index contributed by atoms with van der Waals surface area (Å²) >= 11 is 4.53. The number of fused-ring (bicyclic) bond motifs is 1. The summed E-state index contributed by atoms with van der Waals surface area (Å²) in [6.07, 6.45) is 4.12. The van der Waals surface area contributed by atoms with Crippen LogP contribution in [0.3, 0.4) is 0 Å². The smallest absolute Gasteiger partial charge is 0.239 e. The molecule has 0 aliphatic rings. The lowest BCUT2D eigenvalue weighted by Crippen LogP contribution is -2.24. The van der Waals surface area contributed by atoms with Crippen LogP contribution in [-0.2, 0) is 17.6 Å². The van der Waals surface area contributed by atoms with E-state index < -0.39 is 0 Å². The van der Waals surface area contributed by atoms with E-state index >= 15 is 0 Å². The zero-order valence-electron chi connectivity index (χ0n) is 19.2. The molecule has 1 N–H and O–H groups in total. The number of amides is 1. The van der Waals surface area contributed by atoms with Crippen molar-refractivity contribution >= 4 is 55.7 Å². The van der Waals surface area contributed by atoms with Gasteiger partial charge in [0.05, 0.1) is 10.6 Å². The molecule has 0 saturated heterocycles. The van der Waals surface area contributed by atoms with Gasteiger partial charge in [0.25, 0.3) is 0 Å². The molecule has 4 aromatic rings. The standard InChI is InChI=1S/C24H27N5OS3/c1-5-15-7-9-16(10-8-15)17-12-31-22-20(17)23(26-13-25-22)32-18(6-2)21(30)27-24-29-28-19(33-24)11-14(3)4/h7-10,12-14,18H,5-6,11H2,1-4H3,(H,27,29,30). The molecule has 0 aliphatic heterocycles. The molecule has 0 radical (unpaired) electrons. The van der Waals surface area contributed by atoms with Crippen LogP contribution in [0, 0.1) is 5.92 Å². The highest BCUT2D eigenvalue weighted by molar-refractivity contribution is 8.00. The minimum absolute atomic E-state index is 0.0782. The van der Waals surface area contributed by atoms with Gasteiger partial charge in [0.1, 0.15) is 21.2 Å². The molecule has 4 rings (SSSR count). The fraction of sp³-hybridized carbons (Fsp3) is 0.375. The molecule has 1 amide bonds. The van der Waals surface area contributed by atoms with Crippen molar-refractivity contribution in [1.29, 1.82) is 0 Å². The van der Waals surface area contributed by atoms with Crippen LogP contribution in [0.25, 0.3) is 21.3 Å². The Bertz CT molecular complexity index is 1230. The van der Waals surface area contributed by atoms with Gasteiger partial charge in [-0.25, -0.2) is 9.97 Å². The summed E-state index contributed by atoms with van der Waals surface area (Å²) in [5.41, 5.74) is 3.55. The molecule has 1 atom stereocenters. The maximum absolute atomic E-state index is 13.0. The number of hydrogen-bond donors (Lipinski definition) is 1. The summed E-state index contributed by atoms with van der Waals surface area (Å²) in [5, 5.41) is 16.5. The van der Waals surface area contributed by atoms with Crippen LogP contribution in [0.4, 0.5) is 5.13 Å². The highest BCUT2D eigenvalue weighted by Crippen LogP contribution is 2.39. The average molecular weight is 498 g/mol. The van der Waals surface area contributed by atoms with E-state index in [9.17, 15) is 4.79 Å². The fourth-order valence-electron chi connectivity index (χ4n) is 3.45. The van der Waals surface area contributed by atoms with Crippen molar-refractivity contribution < 1.29 is 4.79 Å². The van der Waals surface area contributed by atoms with Gasteiger partial charge in [-0.15, -0.1) is 21.5 Å². The van der Waals surface area contributed by atoms with Crippen molar-refractivity contribution in [3.8, 4) is 11.1 Å². The number of aromatic nitrogens is 4. The van der Waals surface area contributed by atoms with Crippen molar-refractivity contribution in [2.75, 3.05) is 5.32 Å². The Morgan fingerprint density at radius 1 is 1.12 bits per heavy atom. The Hall–Kier alpha value is -2.36. The van der Waals surface area contributed by atoms with E-state index in [1.165, 1.54) is 28.7 Å². The Morgan fingerprint density at radius 2 is 1.91 bits per heavy atom. The Balaban J connectivity index is 1.57. The summed E-state index contributed by atoms with van der Waals surface area (Å²) < 4.78 is 0. The number of benzene rings is 1. The molecule has 33 heavy (non-hydrogen) atoms. The van der Waals surface area contributed by atoms with E-state index in [1.54, 1.807) is 17.7 Å². The normalized spacial score (nSPS) is 12.4. The molecule has 6 nitrogen and oxygen atoms in total. The Labute approximate surface area is 206 Å². The maximum atomic E-state index is 13.0. The van der Waals surface area contributed by atoms with Gasteiger partial charge in [-0.2, -0.15) is 0 Å². The summed E-state index contributed by atoms with van der Waals surface area (Å²) in [7, 11) is 0. The predicted octanol–water partition coefficient (Wildman–Crippen LogP) is 6.48. The minimum Gasteiger partial charge on any atom is -0.300 e. The topological polar surface area (TPSA) is 80.7 Å². The first-order valence-corrected chi connectivity index (χ1v) is 13.7. The van der Waals surface area contributed by atoms with Crippen LogP contribution >= 0.6 is 34.4 Å². The quantitative estimate of drug-likeness (QED) is 0.211. The molecule has 3 heterocycles. The largest absolute Gasteiger partial charge is 0.300 e. The van der Waals surface area contributed by atoms with E-state index in [0.29, 0.717) is 17.5 Å². The van der Waals surface area contributed by atoms with E-state index in [-0.39, 0.29) is 11.2 Å². The van der Waals surface area contributed by atoms with Crippen molar-refractivity contribution in [2.24, 2.45) is 5.92 Å². The van der Waals surface area contributed by atoms with Gasteiger partial charge >= 0.3 is 0 Å². The second-order valence-electron chi connectivity index (χ2n) is 8.16. The molecule has 1 aromatic carbocycles. The highest BCUT2D eigenvalue weighted by atomic mass is 32.2. The first-order valence-electron chi connectivity index (χ1n) is 11.1. The van der Waals surface area contributed by atoms with Crippen LogP contribution < -0.4 is 5.32 Å². The third-order valence-corrected chi connectivity index (χ3v) is 8.32. The molecule has 9 heteroatoms. The molecule has 0 aliphatic carbocycles. The molecular weight excluding hydrogens is 470 g/mol. The number of anilines is 1. The van der Waals surface area contributed by atoms with E-state index in [1.807, 2.05) is 6.92 Å². The van der Waals surface area contributed by atoms with Gasteiger partial charge in [0.15, 0.2) is 0 Å². The third-order valence-electron chi connectivity index (χ3n) is 5.21. The Morgan fingerprint density at radius 3 is 2.61 bits per heavy atom. The molecule has 0 bridgehead atoms. The molecule has 0 fully saturated rings. The number of nitrogens with one attached hydrogen (secondary N) is 1. The zero-order valence-corrected chi connectivity index (χ0v) is 21.6. The van der Waals surface area contributed by atoms with Crippen LogP contribution in [0.15, 0.2) is 41.0 Å². The van der Waals surface area contributed by atoms with Crippen LogP contribution in [0.2, 0.25) is 0 Å². The zero-order chi connectivity index (χ0) is 23.4. The second kappa shape index (κ2) is 10.7. The van der Waals surface area contributed by atoms with E-state index in [0.717, 1.165) is 44.2 Å². The van der Waals surface area contributed by atoms with Crippen LogP contribution in [-0.4, -0.2) is 31.3 Å². The number of carbonyl (C=O) groups excluding carboxylic acids is 1. The van der Waals surface area contributed by atoms with Crippen LogP contribution in [0.5, 0.6) is 0 Å². The summed E-state index contributed by atoms with van der Waals surface area (Å²) in [6, 6.07) is 8.62. The lowest BCUT2D eigenvalue weighted by atomic mass is 10.0. The second-order valence-corrected chi connectivity index (χ2v) is 11.3. The first kappa shape index (κ1) is 23.8. The van der Waals surface area contributed by atoms with Gasteiger partial charge < -0.3 is 0 Å². The number of hydrogen-bond acceptors (Lipinski definition) is 8. The van der Waals surface area contributed by atoms with Gasteiger partial charge in [-0.3, -0.25) is 10.1 Å². The monoisotopic (exact) mass is 497 g/mol. The minimum atomic E-state index is -0.296. The van der Waals surface area contributed by atoms with Gasteiger partial charge in [-0.1, -0.05) is 75.1 Å². The average Bonchev–Trinajstić information content (AvgIpc) is 3.44. The van der Waals surface area contributed by atoms with E-state index in [4.69, 9.17) is 0 Å². The number of thioether (sulfide) groups is 1. The van der Waals surface area contributed by atoms with E-state index in [2.05, 4.69) is 75.9 Å². The SMILES string of the molecule is CCc1ccc(-c2csc3ncnc(SC(CC)C(=O)Nc4nnc(CC(C)C)s4)c23)cc1.